The fraction of sp³-hybridized carbons (Fsp3) is 1.00. The van der Waals surface area contributed by atoms with Crippen molar-refractivity contribution in [3.63, 3.8) is 0 Å². The topological polar surface area (TPSA) is 30.9 Å². The first kappa shape index (κ1) is 21.8. The number of hydrogen-bond donors (Lipinski definition) is 0. The summed E-state index contributed by atoms with van der Waals surface area (Å²) in [6, 6.07) is 0.595. The van der Waals surface area contributed by atoms with Crippen molar-refractivity contribution in [3.05, 3.63) is 0 Å². The highest BCUT2D eigenvalue weighted by molar-refractivity contribution is 4.62. The van der Waals surface area contributed by atoms with E-state index in [1.54, 1.807) is 0 Å². The maximum absolute atomic E-state index is 5.66. The molecule has 0 bridgehead atoms. The van der Waals surface area contributed by atoms with Gasteiger partial charge in [0, 0.05) is 19.2 Å². The fourth-order valence-corrected chi connectivity index (χ4v) is 2.24. The van der Waals surface area contributed by atoms with Crippen LogP contribution in [0, 0.1) is 0 Å². The first-order valence-electron chi connectivity index (χ1n) is 9.19. The second-order valence-electron chi connectivity index (χ2n) is 6.03. The van der Waals surface area contributed by atoms with Gasteiger partial charge in [0.05, 0.1) is 33.0 Å². The highest BCUT2D eigenvalue weighted by Crippen LogP contribution is 2.04. The van der Waals surface area contributed by atoms with E-state index < -0.39 is 0 Å². The second kappa shape index (κ2) is 17.2. The molecule has 0 aliphatic heterocycles. The van der Waals surface area contributed by atoms with E-state index in [0.29, 0.717) is 32.5 Å². The number of hydrogen-bond acceptors (Lipinski definition) is 4. The SMILES string of the molecule is CCCCCCN(CCOCCOCCOCCC)C(C)C. The van der Waals surface area contributed by atoms with Crippen LogP contribution in [0.3, 0.4) is 0 Å². The third-order valence-corrected chi connectivity index (χ3v) is 3.64. The summed E-state index contributed by atoms with van der Waals surface area (Å²) in [6.45, 7) is 15.4. The molecule has 0 rings (SSSR count). The van der Waals surface area contributed by atoms with Crippen LogP contribution in [0.4, 0.5) is 0 Å². The summed E-state index contributed by atoms with van der Waals surface area (Å²) in [5.74, 6) is 0. The van der Waals surface area contributed by atoms with Gasteiger partial charge in [0.2, 0.25) is 0 Å². The van der Waals surface area contributed by atoms with Crippen molar-refractivity contribution in [2.45, 2.75) is 65.8 Å². The van der Waals surface area contributed by atoms with E-state index >= 15 is 0 Å². The molecule has 0 radical (unpaired) electrons. The summed E-state index contributed by atoms with van der Waals surface area (Å²) in [7, 11) is 0. The number of rotatable bonds is 17. The molecule has 4 heteroatoms. The molecule has 0 aromatic carbocycles. The minimum absolute atomic E-state index is 0.595. The number of nitrogens with zero attached hydrogens (tertiary/aromatic N) is 1. The van der Waals surface area contributed by atoms with E-state index in [-0.39, 0.29) is 0 Å². The Kier molecular flexibility index (Phi) is 17.1. The van der Waals surface area contributed by atoms with Crippen molar-refractivity contribution in [3.8, 4) is 0 Å². The van der Waals surface area contributed by atoms with Crippen molar-refractivity contribution in [1.82, 2.24) is 4.90 Å². The van der Waals surface area contributed by atoms with Gasteiger partial charge in [0.25, 0.3) is 0 Å². The third kappa shape index (κ3) is 14.8. The molecule has 0 fully saturated rings. The Labute approximate surface area is 138 Å². The molecule has 134 valence electrons. The Hall–Kier alpha value is -0.160. The molecule has 0 aromatic rings. The quantitative estimate of drug-likeness (QED) is 0.382. The Morgan fingerprint density at radius 3 is 1.77 bits per heavy atom. The average molecular weight is 318 g/mol. The highest BCUT2D eigenvalue weighted by Gasteiger charge is 2.08. The van der Waals surface area contributed by atoms with Crippen molar-refractivity contribution >= 4 is 0 Å². The molecule has 0 aromatic heterocycles. The summed E-state index contributed by atoms with van der Waals surface area (Å²) in [5.41, 5.74) is 0. The lowest BCUT2D eigenvalue weighted by molar-refractivity contribution is 0.00912. The lowest BCUT2D eigenvalue weighted by Gasteiger charge is -2.26. The zero-order valence-electron chi connectivity index (χ0n) is 15.4. The van der Waals surface area contributed by atoms with Gasteiger partial charge in [-0.25, -0.2) is 0 Å². The molecular weight excluding hydrogens is 278 g/mol. The van der Waals surface area contributed by atoms with Crippen molar-refractivity contribution in [2.24, 2.45) is 0 Å². The molecule has 0 aliphatic carbocycles. The Bertz CT molecular complexity index is 213. The van der Waals surface area contributed by atoms with Gasteiger partial charge in [-0.15, -0.1) is 0 Å². The largest absolute Gasteiger partial charge is 0.379 e. The highest BCUT2D eigenvalue weighted by atomic mass is 16.5. The van der Waals surface area contributed by atoms with E-state index in [1.807, 2.05) is 0 Å². The van der Waals surface area contributed by atoms with Gasteiger partial charge in [-0.3, -0.25) is 4.90 Å². The second-order valence-corrected chi connectivity index (χ2v) is 6.03. The smallest absolute Gasteiger partial charge is 0.0701 e. The van der Waals surface area contributed by atoms with Gasteiger partial charge in [0.15, 0.2) is 0 Å². The molecule has 0 spiro atoms. The fourth-order valence-electron chi connectivity index (χ4n) is 2.24. The van der Waals surface area contributed by atoms with Crippen molar-refractivity contribution in [1.29, 1.82) is 0 Å². The molecule has 0 atom stereocenters. The van der Waals surface area contributed by atoms with E-state index in [1.165, 1.54) is 32.2 Å². The zero-order valence-corrected chi connectivity index (χ0v) is 15.4. The van der Waals surface area contributed by atoms with Crippen LogP contribution in [0.2, 0.25) is 0 Å². The number of ether oxygens (including phenoxy) is 3. The van der Waals surface area contributed by atoms with Crippen LogP contribution in [0.25, 0.3) is 0 Å². The van der Waals surface area contributed by atoms with Crippen molar-refractivity contribution < 1.29 is 14.2 Å². The molecule has 0 saturated heterocycles. The molecule has 22 heavy (non-hydrogen) atoms. The zero-order chi connectivity index (χ0) is 16.5. The first-order chi connectivity index (χ1) is 10.7. The molecule has 0 aliphatic rings. The van der Waals surface area contributed by atoms with Crippen LogP contribution >= 0.6 is 0 Å². The molecule has 4 nitrogen and oxygen atoms in total. The van der Waals surface area contributed by atoms with Gasteiger partial charge < -0.3 is 14.2 Å². The van der Waals surface area contributed by atoms with Gasteiger partial charge in [-0.05, 0) is 33.2 Å². The van der Waals surface area contributed by atoms with Crippen LogP contribution in [0.1, 0.15) is 59.8 Å². The summed E-state index contributed by atoms with van der Waals surface area (Å²) < 4.78 is 16.5. The van der Waals surface area contributed by atoms with E-state index in [4.69, 9.17) is 14.2 Å². The first-order valence-corrected chi connectivity index (χ1v) is 9.19. The minimum Gasteiger partial charge on any atom is -0.379 e. The van der Waals surface area contributed by atoms with Gasteiger partial charge in [-0.2, -0.15) is 0 Å². The molecule has 0 heterocycles. The Balaban J connectivity index is 3.40. The lowest BCUT2D eigenvalue weighted by Crippen LogP contribution is -2.35. The van der Waals surface area contributed by atoms with Crippen LogP contribution in [-0.2, 0) is 14.2 Å². The molecule has 0 N–H and O–H groups in total. The standard InChI is InChI=1S/C18H39NO3/c1-5-7-8-9-10-19(18(3)4)11-13-21-15-17-22-16-14-20-12-6-2/h18H,5-17H2,1-4H3. The Morgan fingerprint density at radius 1 is 0.636 bits per heavy atom. The minimum atomic E-state index is 0.595. The van der Waals surface area contributed by atoms with Gasteiger partial charge in [-0.1, -0.05) is 33.1 Å². The van der Waals surface area contributed by atoms with Crippen LogP contribution in [-0.4, -0.2) is 63.7 Å². The molecular formula is C18H39NO3. The summed E-state index contributed by atoms with van der Waals surface area (Å²) in [4.78, 5) is 2.51. The maximum atomic E-state index is 5.66. The summed E-state index contributed by atoms with van der Waals surface area (Å²) >= 11 is 0. The summed E-state index contributed by atoms with van der Waals surface area (Å²) in [5, 5.41) is 0. The maximum Gasteiger partial charge on any atom is 0.0701 e. The average Bonchev–Trinajstić information content (AvgIpc) is 2.50. The number of unbranched alkanes of at least 4 members (excludes halogenated alkanes) is 3. The van der Waals surface area contributed by atoms with Gasteiger partial charge >= 0.3 is 0 Å². The monoisotopic (exact) mass is 317 g/mol. The van der Waals surface area contributed by atoms with Crippen LogP contribution in [0.5, 0.6) is 0 Å². The normalized spacial score (nSPS) is 11.7. The lowest BCUT2D eigenvalue weighted by atomic mass is 10.2. The summed E-state index contributed by atoms with van der Waals surface area (Å²) in [6.07, 6.45) is 6.35. The van der Waals surface area contributed by atoms with E-state index in [0.717, 1.165) is 26.2 Å². The molecule has 0 unspecified atom stereocenters. The molecule has 0 amide bonds. The van der Waals surface area contributed by atoms with Crippen LogP contribution < -0.4 is 0 Å². The van der Waals surface area contributed by atoms with Crippen LogP contribution in [0.15, 0.2) is 0 Å². The van der Waals surface area contributed by atoms with Crippen molar-refractivity contribution in [2.75, 3.05) is 52.7 Å². The van der Waals surface area contributed by atoms with E-state index in [9.17, 15) is 0 Å². The van der Waals surface area contributed by atoms with E-state index in [2.05, 4.69) is 32.6 Å². The Morgan fingerprint density at radius 2 is 1.23 bits per heavy atom. The van der Waals surface area contributed by atoms with Gasteiger partial charge in [0.1, 0.15) is 0 Å². The third-order valence-electron chi connectivity index (χ3n) is 3.64. The predicted octanol–water partition coefficient (Wildman–Crippen LogP) is 3.74. The molecule has 0 saturated carbocycles. The predicted molar refractivity (Wildman–Crippen MR) is 93.6 cm³/mol.